The largest absolute Gasteiger partial charge is 0.351 e. The van der Waals surface area contributed by atoms with Crippen LogP contribution < -0.4 is 10.6 Å². The normalized spacial score (nSPS) is 17.6. The number of benzene rings is 2. The SMILES string of the molecule is O=C(NCc1ccc2c(c1)CNC2)C1(c2cccc(Cl)c2)CC1. The zero-order valence-electron chi connectivity index (χ0n) is 12.9. The molecule has 3 nitrogen and oxygen atoms in total. The van der Waals surface area contributed by atoms with Crippen molar-refractivity contribution in [3.8, 4) is 0 Å². The van der Waals surface area contributed by atoms with E-state index in [0.717, 1.165) is 37.1 Å². The molecule has 0 unspecified atom stereocenters. The number of halogens is 1. The molecule has 2 aliphatic rings. The summed E-state index contributed by atoms with van der Waals surface area (Å²) >= 11 is 6.07. The summed E-state index contributed by atoms with van der Waals surface area (Å²) in [5.41, 5.74) is 4.51. The van der Waals surface area contributed by atoms with Gasteiger partial charge in [0.2, 0.25) is 5.91 Å². The molecule has 1 heterocycles. The van der Waals surface area contributed by atoms with Gasteiger partial charge in [0.05, 0.1) is 5.41 Å². The molecule has 0 saturated heterocycles. The lowest BCUT2D eigenvalue weighted by atomic mass is 9.95. The van der Waals surface area contributed by atoms with Crippen LogP contribution in [0.15, 0.2) is 42.5 Å². The van der Waals surface area contributed by atoms with E-state index in [1.165, 1.54) is 11.1 Å². The molecule has 0 aromatic heterocycles. The summed E-state index contributed by atoms with van der Waals surface area (Å²) in [4.78, 5) is 12.7. The van der Waals surface area contributed by atoms with E-state index >= 15 is 0 Å². The highest BCUT2D eigenvalue weighted by molar-refractivity contribution is 6.30. The van der Waals surface area contributed by atoms with Crippen LogP contribution in [0.2, 0.25) is 5.02 Å². The molecule has 23 heavy (non-hydrogen) atoms. The molecule has 1 aliphatic carbocycles. The molecule has 1 fully saturated rings. The number of carbonyl (C=O) groups is 1. The van der Waals surface area contributed by atoms with Gasteiger partial charge in [-0.15, -0.1) is 0 Å². The Morgan fingerprint density at radius 1 is 1.13 bits per heavy atom. The van der Waals surface area contributed by atoms with E-state index in [9.17, 15) is 4.79 Å². The Hall–Kier alpha value is -1.84. The standard InChI is InChI=1S/C19H19ClN2O/c20-17-3-1-2-16(9-17)19(6-7-19)18(23)22-10-13-4-5-14-11-21-12-15(14)8-13/h1-5,8-9,21H,6-7,10-12H2,(H,22,23). The van der Waals surface area contributed by atoms with Gasteiger partial charge in [0.25, 0.3) is 0 Å². The van der Waals surface area contributed by atoms with Crippen LogP contribution in [0.5, 0.6) is 0 Å². The van der Waals surface area contributed by atoms with Crippen LogP contribution in [0, 0.1) is 0 Å². The minimum absolute atomic E-state index is 0.110. The van der Waals surface area contributed by atoms with Crippen LogP contribution in [-0.2, 0) is 29.8 Å². The number of amides is 1. The van der Waals surface area contributed by atoms with E-state index in [2.05, 4.69) is 28.8 Å². The predicted octanol–water partition coefficient (Wildman–Crippen LogP) is 3.29. The summed E-state index contributed by atoms with van der Waals surface area (Å²) < 4.78 is 0. The number of carbonyl (C=O) groups excluding carboxylic acids is 1. The predicted molar refractivity (Wildman–Crippen MR) is 91.2 cm³/mol. The van der Waals surface area contributed by atoms with Crippen molar-refractivity contribution in [1.82, 2.24) is 10.6 Å². The first-order chi connectivity index (χ1) is 11.2. The van der Waals surface area contributed by atoms with Crippen molar-refractivity contribution in [3.63, 3.8) is 0 Å². The van der Waals surface area contributed by atoms with Gasteiger partial charge in [-0.3, -0.25) is 4.79 Å². The Labute approximate surface area is 141 Å². The summed E-state index contributed by atoms with van der Waals surface area (Å²) in [6.45, 7) is 2.44. The average molecular weight is 327 g/mol. The summed E-state index contributed by atoms with van der Waals surface area (Å²) in [6, 6.07) is 14.1. The Morgan fingerprint density at radius 2 is 1.96 bits per heavy atom. The first-order valence-corrected chi connectivity index (χ1v) is 8.41. The third-order valence-corrected chi connectivity index (χ3v) is 5.15. The Kier molecular flexibility index (Phi) is 3.63. The average Bonchev–Trinajstić information content (AvgIpc) is 3.24. The van der Waals surface area contributed by atoms with Crippen molar-refractivity contribution in [2.75, 3.05) is 0 Å². The second kappa shape index (κ2) is 5.66. The van der Waals surface area contributed by atoms with E-state index in [0.29, 0.717) is 11.6 Å². The van der Waals surface area contributed by atoms with Gasteiger partial charge < -0.3 is 10.6 Å². The Bertz CT molecular complexity index is 768. The molecule has 0 radical (unpaired) electrons. The first-order valence-electron chi connectivity index (χ1n) is 8.03. The monoisotopic (exact) mass is 326 g/mol. The van der Waals surface area contributed by atoms with Crippen LogP contribution in [0.4, 0.5) is 0 Å². The van der Waals surface area contributed by atoms with Crippen molar-refractivity contribution < 1.29 is 4.79 Å². The fourth-order valence-corrected chi connectivity index (χ4v) is 3.56. The molecule has 4 heteroatoms. The van der Waals surface area contributed by atoms with Crippen molar-refractivity contribution in [3.05, 3.63) is 69.7 Å². The number of nitrogens with one attached hydrogen (secondary N) is 2. The summed E-state index contributed by atoms with van der Waals surface area (Å²) in [5, 5.41) is 7.14. The van der Waals surface area contributed by atoms with Gasteiger partial charge in [0.1, 0.15) is 0 Å². The lowest BCUT2D eigenvalue weighted by Gasteiger charge is -2.16. The fourth-order valence-electron chi connectivity index (χ4n) is 3.37. The molecule has 1 aliphatic heterocycles. The number of hydrogen-bond donors (Lipinski definition) is 2. The van der Waals surface area contributed by atoms with Crippen molar-refractivity contribution in [2.45, 2.75) is 37.9 Å². The van der Waals surface area contributed by atoms with Crippen molar-refractivity contribution in [1.29, 1.82) is 0 Å². The molecular weight excluding hydrogens is 308 g/mol. The third-order valence-electron chi connectivity index (χ3n) is 4.92. The summed E-state index contributed by atoms with van der Waals surface area (Å²) in [5.74, 6) is 0.110. The third kappa shape index (κ3) is 2.75. The highest BCUT2D eigenvalue weighted by Crippen LogP contribution is 2.48. The second-order valence-corrected chi connectivity index (χ2v) is 6.92. The van der Waals surface area contributed by atoms with E-state index in [1.807, 2.05) is 24.3 Å². The molecular formula is C19H19ClN2O. The van der Waals surface area contributed by atoms with Gasteiger partial charge in [0.15, 0.2) is 0 Å². The molecule has 0 atom stereocenters. The van der Waals surface area contributed by atoms with Crippen LogP contribution in [-0.4, -0.2) is 5.91 Å². The van der Waals surface area contributed by atoms with Crippen molar-refractivity contribution >= 4 is 17.5 Å². The van der Waals surface area contributed by atoms with Crippen LogP contribution in [0.25, 0.3) is 0 Å². The van der Waals surface area contributed by atoms with Gasteiger partial charge >= 0.3 is 0 Å². The van der Waals surface area contributed by atoms with Gasteiger partial charge in [-0.25, -0.2) is 0 Å². The number of rotatable bonds is 4. The van der Waals surface area contributed by atoms with Gasteiger partial charge in [-0.05, 0) is 47.2 Å². The highest BCUT2D eigenvalue weighted by atomic mass is 35.5. The minimum Gasteiger partial charge on any atom is -0.351 e. The Balaban J connectivity index is 1.46. The smallest absolute Gasteiger partial charge is 0.230 e. The van der Waals surface area contributed by atoms with Gasteiger partial charge in [-0.1, -0.05) is 41.9 Å². The molecule has 4 rings (SSSR count). The number of fused-ring (bicyclic) bond motifs is 1. The maximum atomic E-state index is 12.7. The highest BCUT2D eigenvalue weighted by Gasteiger charge is 2.51. The molecule has 0 bridgehead atoms. The minimum atomic E-state index is -0.372. The molecule has 2 N–H and O–H groups in total. The molecule has 0 spiro atoms. The molecule has 1 saturated carbocycles. The zero-order valence-corrected chi connectivity index (χ0v) is 13.6. The summed E-state index contributed by atoms with van der Waals surface area (Å²) in [6.07, 6.45) is 1.79. The van der Waals surface area contributed by atoms with Crippen LogP contribution in [0.3, 0.4) is 0 Å². The van der Waals surface area contributed by atoms with Crippen molar-refractivity contribution in [2.24, 2.45) is 0 Å². The second-order valence-electron chi connectivity index (χ2n) is 6.48. The van der Waals surface area contributed by atoms with E-state index in [4.69, 9.17) is 11.6 Å². The van der Waals surface area contributed by atoms with E-state index in [1.54, 1.807) is 0 Å². The molecule has 118 valence electrons. The van der Waals surface area contributed by atoms with Gasteiger partial charge in [-0.2, -0.15) is 0 Å². The number of hydrogen-bond acceptors (Lipinski definition) is 2. The maximum absolute atomic E-state index is 12.7. The van der Waals surface area contributed by atoms with Crippen LogP contribution >= 0.6 is 11.6 Å². The Morgan fingerprint density at radius 3 is 2.74 bits per heavy atom. The van der Waals surface area contributed by atoms with Crippen LogP contribution in [0.1, 0.15) is 35.1 Å². The zero-order chi connectivity index (χ0) is 15.9. The van der Waals surface area contributed by atoms with E-state index < -0.39 is 0 Å². The quantitative estimate of drug-likeness (QED) is 0.905. The fraction of sp³-hybridized carbons (Fsp3) is 0.316. The molecule has 2 aromatic carbocycles. The molecule has 1 amide bonds. The maximum Gasteiger partial charge on any atom is 0.230 e. The first kappa shape index (κ1) is 14.7. The lowest BCUT2D eigenvalue weighted by molar-refractivity contribution is -0.123. The van der Waals surface area contributed by atoms with E-state index in [-0.39, 0.29) is 11.3 Å². The molecule has 2 aromatic rings. The lowest BCUT2D eigenvalue weighted by Crippen LogP contribution is -2.34. The summed E-state index contributed by atoms with van der Waals surface area (Å²) in [7, 11) is 0. The van der Waals surface area contributed by atoms with Gasteiger partial charge in [0, 0.05) is 24.7 Å². The topological polar surface area (TPSA) is 41.1 Å².